The normalized spacial score (nSPS) is 11.2. The fourth-order valence-corrected chi connectivity index (χ4v) is 2.18. The molecule has 0 fully saturated rings. The molecule has 0 aromatic heterocycles. The van der Waals surface area contributed by atoms with E-state index in [1.54, 1.807) is 18.2 Å². The summed E-state index contributed by atoms with van der Waals surface area (Å²) in [6.45, 7) is 0. The molecule has 0 unspecified atom stereocenters. The van der Waals surface area contributed by atoms with Crippen molar-refractivity contribution in [1.82, 2.24) is 0 Å². The average molecular weight is 383 g/mol. The van der Waals surface area contributed by atoms with Gasteiger partial charge in [0.05, 0.1) is 7.11 Å². The summed E-state index contributed by atoms with van der Waals surface area (Å²) in [4.78, 5) is 33.7. The fraction of sp³-hybridized carbons (Fsp3) is 0.0500. The minimum absolute atomic E-state index is 0.0184. The number of aliphatic hydroxyl groups excluding tert-OH is 1. The summed E-state index contributed by atoms with van der Waals surface area (Å²) in [5.41, 5.74) is 1.13. The van der Waals surface area contributed by atoms with Gasteiger partial charge < -0.3 is 25.4 Å². The van der Waals surface area contributed by atoms with Crippen LogP contribution in [0.4, 0.5) is 5.69 Å². The highest BCUT2D eigenvalue weighted by molar-refractivity contribution is 6.38. The van der Waals surface area contributed by atoms with Gasteiger partial charge in [0.1, 0.15) is 5.76 Å². The molecular weight excluding hydrogens is 366 g/mol. The van der Waals surface area contributed by atoms with Gasteiger partial charge in [0.2, 0.25) is 5.91 Å². The number of hydrogen-bond acceptors (Lipinski definition) is 6. The van der Waals surface area contributed by atoms with Gasteiger partial charge >= 0.3 is 5.97 Å². The first-order valence-corrected chi connectivity index (χ1v) is 7.94. The Hall–Kier alpha value is -4.07. The Morgan fingerprint density at radius 1 is 1.07 bits per heavy atom. The predicted molar refractivity (Wildman–Crippen MR) is 102 cm³/mol. The smallest absolute Gasteiger partial charge is 0.376 e. The zero-order valence-corrected chi connectivity index (χ0v) is 14.7. The number of amides is 1. The second-order valence-corrected chi connectivity index (χ2v) is 5.53. The summed E-state index contributed by atoms with van der Waals surface area (Å²) >= 11 is 0. The highest BCUT2D eigenvalue weighted by atomic mass is 16.5. The van der Waals surface area contributed by atoms with Crippen molar-refractivity contribution in [3.63, 3.8) is 0 Å². The van der Waals surface area contributed by atoms with Gasteiger partial charge in [-0.05, 0) is 35.9 Å². The highest BCUT2D eigenvalue weighted by Gasteiger charge is 2.11. The third-order valence-corrected chi connectivity index (χ3v) is 3.54. The minimum atomic E-state index is -1.69. The van der Waals surface area contributed by atoms with Gasteiger partial charge in [0.25, 0.3) is 5.78 Å². The monoisotopic (exact) mass is 383 g/mol. The molecule has 2 aromatic rings. The van der Waals surface area contributed by atoms with E-state index in [9.17, 15) is 24.6 Å². The van der Waals surface area contributed by atoms with Crippen molar-refractivity contribution in [3.8, 4) is 11.5 Å². The number of hydrogen-bond donors (Lipinski definition) is 4. The quantitative estimate of drug-likeness (QED) is 0.328. The first-order chi connectivity index (χ1) is 13.3. The fourth-order valence-electron chi connectivity index (χ4n) is 2.18. The molecule has 0 heterocycles. The number of phenolic OH excluding ortho intramolecular Hbond substituents is 1. The van der Waals surface area contributed by atoms with E-state index < -0.39 is 23.4 Å². The predicted octanol–water partition coefficient (Wildman–Crippen LogP) is 2.61. The van der Waals surface area contributed by atoms with Gasteiger partial charge in [-0.15, -0.1) is 0 Å². The molecule has 0 aliphatic carbocycles. The van der Waals surface area contributed by atoms with E-state index in [0.717, 1.165) is 0 Å². The molecule has 8 nitrogen and oxygen atoms in total. The molecule has 0 saturated carbocycles. The zero-order chi connectivity index (χ0) is 20.7. The highest BCUT2D eigenvalue weighted by Crippen LogP contribution is 2.26. The van der Waals surface area contributed by atoms with Crippen molar-refractivity contribution in [2.45, 2.75) is 0 Å². The van der Waals surface area contributed by atoms with E-state index >= 15 is 0 Å². The number of carbonyl (C=O) groups is 3. The van der Waals surface area contributed by atoms with Crippen LogP contribution < -0.4 is 10.1 Å². The number of ether oxygens (including phenoxy) is 1. The number of aliphatic hydroxyl groups is 1. The molecule has 0 atom stereocenters. The molecule has 144 valence electrons. The Morgan fingerprint density at radius 2 is 1.82 bits per heavy atom. The van der Waals surface area contributed by atoms with Gasteiger partial charge in [0.15, 0.2) is 11.5 Å². The molecule has 1 amide bonds. The summed E-state index contributed by atoms with van der Waals surface area (Å²) in [6, 6.07) is 10.5. The number of nitrogens with one attached hydrogen (secondary N) is 1. The number of phenols is 1. The summed E-state index contributed by atoms with van der Waals surface area (Å²) in [6.07, 6.45) is 3.37. The molecule has 2 aromatic carbocycles. The summed E-state index contributed by atoms with van der Waals surface area (Å²) in [5, 5.41) is 30.5. The van der Waals surface area contributed by atoms with Crippen molar-refractivity contribution in [2.75, 3.05) is 12.4 Å². The lowest BCUT2D eigenvalue weighted by atomic mass is 10.1. The average Bonchev–Trinajstić information content (AvgIpc) is 2.67. The molecule has 0 radical (unpaired) electrons. The van der Waals surface area contributed by atoms with Gasteiger partial charge in [-0.2, -0.15) is 0 Å². The standard InChI is InChI=1S/C20H17NO7/c1-28-18-9-12(5-7-15(18)22)6-8-19(25)21-14-4-2-3-13(10-14)16(23)11-17(24)20(26)27/h2-11,22-23H,1H3,(H,21,25)(H,26,27)/b8-6+,16-11?. The lowest BCUT2D eigenvalue weighted by Crippen LogP contribution is -2.10. The van der Waals surface area contributed by atoms with Gasteiger partial charge in [-0.25, -0.2) is 4.79 Å². The van der Waals surface area contributed by atoms with Crippen LogP contribution in [0.5, 0.6) is 11.5 Å². The third-order valence-electron chi connectivity index (χ3n) is 3.54. The van der Waals surface area contributed by atoms with E-state index in [1.165, 1.54) is 43.5 Å². The van der Waals surface area contributed by atoms with Crippen molar-refractivity contribution in [2.24, 2.45) is 0 Å². The first kappa shape index (κ1) is 20.2. The van der Waals surface area contributed by atoms with E-state index in [1.807, 2.05) is 0 Å². The minimum Gasteiger partial charge on any atom is -0.507 e. The van der Waals surface area contributed by atoms with Crippen LogP contribution in [0, 0.1) is 0 Å². The van der Waals surface area contributed by atoms with Gasteiger partial charge in [-0.1, -0.05) is 18.2 Å². The van der Waals surface area contributed by atoms with Crippen molar-refractivity contribution < 1.29 is 34.4 Å². The largest absolute Gasteiger partial charge is 0.507 e. The molecule has 8 heteroatoms. The van der Waals surface area contributed by atoms with Gasteiger partial charge in [-0.3, -0.25) is 9.59 Å². The van der Waals surface area contributed by atoms with Crippen LogP contribution >= 0.6 is 0 Å². The molecule has 2 rings (SSSR count). The van der Waals surface area contributed by atoms with Crippen LogP contribution in [0.25, 0.3) is 11.8 Å². The van der Waals surface area contributed by atoms with E-state index in [-0.39, 0.29) is 17.1 Å². The van der Waals surface area contributed by atoms with Crippen molar-refractivity contribution in [1.29, 1.82) is 0 Å². The van der Waals surface area contributed by atoms with Crippen molar-refractivity contribution >= 4 is 35.2 Å². The van der Waals surface area contributed by atoms with Crippen LogP contribution in [0.15, 0.2) is 54.6 Å². The van der Waals surface area contributed by atoms with E-state index in [4.69, 9.17) is 9.84 Å². The first-order valence-electron chi connectivity index (χ1n) is 7.94. The number of methoxy groups -OCH3 is 1. The number of aromatic hydroxyl groups is 1. The van der Waals surface area contributed by atoms with Crippen LogP contribution in [0.2, 0.25) is 0 Å². The number of carboxylic acid groups (broad SMARTS) is 1. The maximum absolute atomic E-state index is 12.1. The molecule has 0 saturated heterocycles. The number of aliphatic carboxylic acids is 1. The Kier molecular flexibility index (Phi) is 6.53. The van der Waals surface area contributed by atoms with E-state index in [2.05, 4.69) is 5.32 Å². The number of carboxylic acids is 1. The van der Waals surface area contributed by atoms with Crippen LogP contribution in [0.3, 0.4) is 0 Å². The molecular formula is C20H17NO7. The van der Waals surface area contributed by atoms with Gasteiger partial charge in [0, 0.05) is 23.4 Å². The zero-order valence-electron chi connectivity index (χ0n) is 14.7. The molecule has 0 aliphatic rings. The Morgan fingerprint density at radius 3 is 2.50 bits per heavy atom. The number of anilines is 1. The second-order valence-electron chi connectivity index (χ2n) is 5.53. The number of rotatable bonds is 7. The summed E-state index contributed by atoms with van der Waals surface area (Å²) in [5.74, 6) is -3.70. The molecule has 4 N–H and O–H groups in total. The summed E-state index contributed by atoms with van der Waals surface area (Å²) in [7, 11) is 1.41. The second kappa shape index (κ2) is 9.04. The molecule has 0 aliphatic heterocycles. The van der Waals surface area contributed by atoms with E-state index in [0.29, 0.717) is 17.3 Å². The Balaban J connectivity index is 2.10. The number of benzene rings is 2. The Bertz CT molecular complexity index is 976. The van der Waals surface area contributed by atoms with Crippen LogP contribution in [0.1, 0.15) is 11.1 Å². The SMILES string of the molecule is COc1cc(/C=C/C(=O)Nc2cccc(C(O)=CC(=O)C(=O)O)c2)ccc1O. The molecule has 0 bridgehead atoms. The molecule has 28 heavy (non-hydrogen) atoms. The number of carbonyl (C=O) groups excluding carboxylic acids is 2. The van der Waals surface area contributed by atoms with Crippen LogP contribution in [-0.4, -0.2) is 40.1 Å². The molecule has 0 spiro atoms. The van der Waals surface area contributed by atoms with Crippen LogP contribution in [-0.2, 0) is 14.4 Å². The third kappa shape index (κ3) is 5.46. The Labute approximate surface area is 160 Å². The maximum Gasteiger partial charge on any atom is 0.376 e. The lowest BCUT2D eigenvalue weighted by molar-refractivity contribution is -0.146. The summed E-state index contributed by atoms with van der Waals surface area (Å²) < 4.78 is 4.99. The number of ketones is 1. The topological polar surface area (TPSA) is 133 Å². The lowest BCUT2D eigenvalue weighted by Gasteiger charge is -2.06. The maximum atomic E-state index is 12.1. The van der Waals surface area contributed by atoms with Crippen molar-refractivity contribution in [3.05, 3.63) is 65.7 Å².